The first-order valence-corrected chi connectivity index (χ1v) is 9.19. The van der Waals surface area contributed by atoms with Gasteiger partial charge in [0.25, 0.3) is 0 Å². The fourth-order valence-corrected chi connectivity index (χ4v) is 3.66. The highest BCUT2D eigenvalue weighted by Crippen LogP contribution is 2.30. The Hall–Kier alpha value is -2.35. The van der Waals surface area contributed by atoms with Gasteiger partial charge in [-0.05, 0) is 29.8 Å². The van der Waals surface area contributed by atoms with Crippen molar-refractivity contribution in [3.8, 4) is 17.1 Å². The maximum absolute atomic E-state index is 12.6. The van der Waals surface area contributed by atoms with E-state index in [1.54, 1.807) is 42.5 Å². The van der Waals surface area contributed by atoms with Crippen LogP contribution in [-0.4, -0.2) is 20.7 Å². The Morgan fingerprint density at radius 1 is 1.20 bits per heavy atom. The lowest BCUT2D eigenvalue weighted by molar-refractivity contribution is 0.401. The summed E-state index contributed by atoms with van der Waals surface area (Å²) in [6.45, 7) is 0.0784. The molecule has 0 spiro atoms. The second-order valence-corrected chi connectivity index (χ2v) is 7.30. The number of sulfonamides is 1. The lowest BCUT2D eigenvalue weighted by Gasteiger charge is -2.12. The Kier molecular flexibility index (Phi) is 5.08. The molecule has 0 unspecified atom stereocenters. The Balaban J connectivity index is 1.88. The average molecular weight is 379 g/mol. The van der Waals surface area contributed by atoms with Gasteiger partial charge in [0.1, 0.15) is 10.6 Å². The van der Waals surface area contributed by atoms with Gasteiger partial charge in [0.2, 0.25) is 10.0 Å². The fourth-order valence-electron chi connectivity index (χ4n) is 2.30. The summed E-state index contributed by atoms with van der Waals surface area (Å²) in [5.74, 6) is 0.729. The Morgan fingerprint density at radius 2 is 2.00 bits per heavy atom. The fraction of sp³-hybridized carbons (Fsp3) is 0.118. The molecule has 2 aromatic carbocycles. The molecule has 1 aromatic heterocycles. The highest BCUT2D eigenvalue weighted by atomic mass is 35.5. The molecule has 0 aliphatic rings. The number of ether oxygens (including phenoxy) is 1. The Bertz CT molecular complexity index is 972. The van der Waals surface area contributed by atoms with Crippen LogP contribution in [0.2, 0.25) is 5.02 Å². The zero-order chi connectivity index (χ0) is 17.9. The third kappa shape index (κ3) is 3.84. The molecular weight excluding hydrogens is 364 g/mol. The maximum Gasteiger partial charge on any atom is 0.244 e. The monoisotopic (exact) mass is 378 g/mol. The number of rotatable bonds is 6. The van der Waals surface area contributed by atoms with Crippen molar-refractivity contribution in [2.24, 2.45) is 0 Å². The molecule has 0 aliphatic heterocycles. The molecule has 3 aromatic rings. The molecule has 6 nitrogen and oxygen atoms in total. The molecule has 0 saturated heterocycles. The topological polar surface area (TPSA) is 81.4 Å². The van der Waals surface area contributed by atoms with Crippen molar-refractivity contribution in [2.45, 2.75) is 11.4 Å². The van der Waals surface area contributed by atoms with Gasteiger partial charge < -0.3 is 9.26 Å². The number of nitrogens with zero attached hydrogens (tertiary/aromatic N) is 1. The largest absolute Gasteiger partial charge is 0.495 e. The number of nitrogens with one attached hydrogen (secondary N) is 1. The standard InChI is InChI=1S/C17H15ClN2O4S/c1-23-16-10-12(15-8-9-19-24-15)6-7-17(16)25(21,22)20-11-13-4-2-3-5-14(13)18/h2-10,20H,11H2,1H3. The van der Waals surface area contributed by atoms with Crippen molar-refractivity contribution in [3.63, 3.8) is 0 Å². The third-order valence-electron chi connectivity index (χ3n) is 3.59. The molecule has 0 radical (unpaired) electrons. The second-order valence-electron chi connectivity index (χ2n) is 5.16. The van der Waals surface area contributed by atoms with Crippen molar-refractivity contribution in [2.75, 3.05) is 7.11 Å². The Labute approximate surface area is 150 Å². The van der Waals surface area contributed by atoms with E-state index >= 15 is 0 Å². The molecule has 0 atom stereocenters. The van der Waals surface area contributed by atoms with Crippen LogP contribution >= 0.6 is 11.6 Å². The molecule has 1 heterocycles. The molecule has 8 heteroatoms. The van der Waals surface area contributed by atoms with Gasteiger partial charge in [-0.15, -0.1) is 0 Å². The molecule has 0 amide bonds. The van der Waals surface area contributed by atoms with E-state index in [9.17, 15) is 8.42 Å². The minimum Gasteiger partial charge on any atom is -0.495 e. The molecule has 1 N–H and O–H groups in total. The smallest absolute Gasteiger partial charge is 0.244 e. The average Bonchev–Trinajstić information content (AvgIpc) is 3.15. The predicted octanol–water partition coefficient (Wildman–Crippen LogP) is 3.48. The summed E-state index contributed by atoms with van der Waals surface area (Å²) in [4.78, 5) is 0.0327. The molecule has 0 aliphatic carbocycles. The van der Waals surface area contributed by atoms with Crippen LogP contribution in [0.3, 0.4) is 0 Å². The quantitative estimate of drug-likeness (QED) is 0.710. The first-order valence-electron chi connectivity index (χ1n) is 7.33. The van der Waals surface area contributed by atoms with Gasteiger partial charge in [-0.2, -0.15) is 0 Å². The van der Waals surface area contributed by atoms with Gasteiger partial charge in [0, 0.05) is 23.2 Å². The van der Waals surface area contributed by atoms with Crippen LogP contribution in [0.25, 0.3) is 11.3 Å². The van der Waals surface area contributed by atoms with Crippen LogP contribution < -0.4 is 9.46 Å². The summed E-state index contributed by atoms with van der Waals surface area (Å²) in [6.07, 6.45) is 1.51. The zero-order valence-electron chi connectivity index (χ0n) is 13.3. The van der Waals surface area contributed by atoms with Crippen LogP contribution in [0.15, 0.2) is 64.1 Å². The molecule has 25 heavy (non-hydrogen) atoms. The van der Waals surface area contributed by atoms with Crippen molar-refractivity contribution in [1.82, 2.24) is 9.88 Å². The van der Waals surface area contributed by atoms with E-state index in [-0.39, 0.29) is 17.2 Å². The van der Waals surface area contributed by atoms with E-state index in [4.69, 9.17) is 20.9 Å². The van der Waals surface area contributed by atoms with E-state index in [0.717, 1.165) is 0 Å². The normalized spacial score (nSPS) is 11.4. The first-order chi connectivity index (χ1) is 12.0. The summed E-state index contributed by atoms with van der Waals surface area (Å²) in [5.41, 5.74) is 1.35. The number of hydrogen-bond donors (Lipinski definition) is 1. The highest BCUT2D eigenvalue weighted by Gasteiger charge is 2.20. The minimum absolute atomic E-state index is 0.0327. The minimum atomic E-state index is -3.78. The van der Waals surface area contributed by atoms with Crippen molar-refractivity contribution >= 4 is 21.6 Å². The number of hydrogen-bond acceptors (Lipinski definition) is 5. The van der Waals surface area contributed by atoms with E-state index in [1.807, 2.05) is 0 Å². The summed E-state index contributed by atoms with van der Waals surface area (Å²) < 4.78 is 38.1. The lowest BCUT2D eigenvalue weighted by Crippen LogP contribution is -2.24. The Morgan fingerprint density at radius 3 is 2.68 bits per heavy atom. The molecule has 0 fully saturated rings. The van der Waals surface area contributed by atoms with Crippen LogP contribution in [0.5, 0.6) is 5.75 Å². The van der Waals surface area contributed by atoms with Gasteiger partial charge >= 0.3 is 0 Å². The number of aromatic nitrogens is 1. The zero-order valence-corrected chi connectivity index (χ0v) is 14.8. The number of benzene rings is 2. The van der Waals surface area contributed by atoms with Crippen LogP contribution in [-0.2, 0) is 16.6 Å². The summed E-state index contributed by atoms with van der Waals surface area (Å²) in [6, 6.07) is 13.4. The van der Waals surface area contributed by atoms with Crippen molar-refractivity contribution < 1.29 is 17.7 Å². The van der Waals surface area contributed by atoms with E-state index in [1.165, 1.54) is 19.4 Å². The molecule has 130 valence electrons. The lowest BCUT2D eigenvalue weighted by atomic mass is 10.1. The highest BCUT2D eigenvalue weighted by molar-refractivity contribution is 7.89. The summed E-state index contributed by atoms with van der Waals surface area (Å²) in [5, 5.41) is 4.14. The third-order valence-corrected chi connectivity index (χ3v) is 5.40. The SMILES string of the molecule is COc1cc(-c2ccno2)ccc1S(=O)(=O)NCc1ccccc1Cl. The van der Waals surface area contributed by atoms with Gasteiger partial charge in [-0.25, -0.2) is 13.1 Å². The maximum atomic E-state index is 12.6. The van der Waals surface area contributed by atoms with Gasteiger partial charge in [-0.3, -0.25) is 0 Å². The van der Waals surface area contributed by atoms with Gasteiger partial charge in [0.05, 0.1) is 13.3 Å². The van der Waals surface area contributed by atoms with Gasteiger partial charge in [-0.1, -0.05) is 35.0 Å². The predicted molar refractivity (Wildman–Crippen MR) is 94.0 cm³/mol. The molecular formula is C17H15ClN2O4S. The molecule has 0 bridgehead atoms. The van der Waals surface area contributed by atoms with E-state index < -0.39 is 10.0 Å². The summed E-state index contributed by atoms with van der Waals surface area (Å²) >= 11 is 6.06. The van der Waals surface area contributed by atoms with Crippen LogP contribution in [0.1, 0.15) is 5.56 Å². The molecule has 3 rings (SSSR count). The van der Waals surface area contributed by atoms with Gasteiger partial charge in [0.15, 0.2) is 5.76 Å². The number of halogens is 1. The molecule has 0 saturated carbocycles. The number of methoxy groups -OCH3 is 1. The van der Waals surface area contributed by atoms with Crippen molar-refractivity contribution in [3.05, 3.63) is 65.3 Å². The van der Waals surface area contributed by atoms with Crippen LogP contribution in [0, 0.1) is 0 Å². The van der Waals surface area contributed by atoms with Crippen molar-refractivity contribution in [1.29, 1.82) is 0 Å². The first kappa shape index (κ1) is 17.5. The second kappa shape index (κ2) is 7.26. The van der Waals surface area contributed by atoms with Crippen LogP contribution in [0.4, 0.5) is 0 Å². The van der Waals surface area contributed by atoms with E-state index in [0.29, 0.717) is 21.9 Å². The van der Waals surface area contributed by atoms with E-state index in [2.05, 4.69) is 9.88 Å². The summed E-state index contributed by atoms with van der Waals surface area (Å²) in [7, 11) is -2.37.